The largest absolute Gasteiger partial charge is 0.480 e. The zero-order valence-electron chi connectivity index (χ0n) is 10.8. The van der Waals surface area contributed by atoms with Gasteiger partial charge in [-0.1, -0.05) is 32.4 Å². The standard InChI is InChI=1S/C12H17ClN2O3/c1-12(2,3)9(11(17)18)14-10(16)8-5-7(13)6-15(8)4/h5-6,9H,1-4H3,(H,14,16)(H,17,18)/t9-/m1/s1. The summed E-state index contributed by atoms with van der Waals surface area (Å²) in [4.78, 5) is 23.1. The van der Waals surface area contributed by atoms with Crippen LogP contribution < -0.4 is 5.32 Å². The van der Waals surface area contributed by atoms with Crippen molar-refractivity contribution in [3.05, 3.63) is 23.0 Å². The summed E-state index contributed by atoms with van der Waals surface area (Å²) in [6, 6.07) is 0.539. The third-order valence-corrected chi connectivity index (χ3v) is 2.80. The number of hydrogen-bond donors (Lipinski definition) is 2. The second kappa shape index (κ2) is 5.02. The molecule has 0 radical (unpaired) electrons. The Labute approximate surface area is 111 Å². The Bertz CT molecular complexity index is 474. The summed E-state index contributed by atoms with van der Waals surface area (Å²) < 4.78 is 1.55. The van der Waals surface area contributed by atoms with E-state index in [1.54, 1.807) is 38.6 Å². The van der Waals surface area contributed by atoms with Gasteiger partial charge in [-0.3, -0.25) is 4.79 Å². The van der Waals surface area contributed by atoms with Gasteiger partial charge in [0.2, 0.25) is 0 Å². The Hall–Kier alpha value is -1.49. The molecule has 1 atom stereocenters. The molecule has 100 valence electrons. The smallest absolute Gasteiger partial charge is 0.326 e. The lowest BCUT2D eigenvalue weighted by Crippen LogP contribution is -2.49. The number of rotatable bonds is 3. The van der Waals surface area contributed by atoms with E-state index in [1.807, 2.05) is 0 Å². The van der Waals surface area contributed by atoms with Gasteiger partial charge in [-0.25, -0.2) is 4.79 Å². The quantitative estimate of drug-likeness (QED) is 0.883. The summed E-state index contributed by atoms with van der Waals surface area (Å²) in [6.45, 7) is 5.26. The Morgan fingerprint density at radius 1 is 1.44 bits per heavy atom. The molecule has 0 saturated heterocycles. The number of carbonyl (C=O) groups excluding carboxylic acids is 1. The fourth-order valence-corrected chi connectivity index (χ4v) is 1.85. The molecular formula is C12H17ClN2O3. The molecule has 0 fully saturated rings. The number of aryl methyl sites for hydroxylation is 1. The van der Waals surface area contributed by atoms with Crippen LogP contribution in [0.25, 0.3) is 0 Å². The van der Waals surface area contributed by atoms with Crippen LogP contribution in [0, 0.1) is 5.41 Å². The van der Waals surface area contributed by atoms with Crippen LogP contribution in [0.2, 0.25) is 5.02 Å². The summed E-state index contributed by atoms with van der Waals surface area (Å²) in [7, 11) is 1.67. The van der Waals surface area contributed by atoms with E-state index in [1.165, 1.54) is 6.07 Å². The third kappa shape index (κ3) is 3.26. The zero-order valence-corrected chi connectivity index (χ0v) is 11.6. The van der Waals surface area contributed by atoms with Crippen molar-refractivity contribution >= 4 is 23.5 Å². The first-order chi connectivity index (χ1) is 8.12. The SMILES string of the molecule is Cn1cc(Cl)cc1C(=O)N[C@H](C(=O)O)C(C)(C)C. The molecule has 1 heterocycles. The topological polar surface area (TPSA) is 71.3 Å². The second-order valence-corrected chi connectivity index (χ2v) is 5.70. The molecule has 0 aliphatic heterocycles. The van der Waals surface area contributed by atoms with E-state index in [9.17, 15) is 9.59 Å². The molecule has 0 aromatic carbocycles. The monoisotopic (exact) mass is 272 g/mol. The molecule has 2 N–H and O–H groups in total. The molecule has 1 aromatic heterocycles. The van der Waals surface area contributed by atoms with Crippen LogP contribution in [0.15, 0.2) is 12.3 Å². The van der Waals surface area contributed by atoms with Gasteiger partial charge in [-0.05, 0) is 11.5 Å². The highest BCUT2D eigenvalue weighted by molar-refractivity contribution is 6.31. The van der Waals surface area contributed by atoms with Crippen LogP contribution in [0.5, 0.6) is 0 Å². The lowest BCUT2D eigenvalue weighted by atomic mass is 9.86. The van der Waals surface area contributed by atoms with Crippen molar-refractivity contribution < 1.29 is 14.7 Å². The summed E-state index contributed by atoms with van der Waals surface area (Å²) in [5.41, 5.74) is -0.244. The Balaban J connectivity index is 2.93. The molecule has 1 amide bonds. The molecule has 0 aliphatic rings. The molecule has 6 heteroatoms. The average molecular weight is 273 g/mol. The van der Waals surface area contributed by atoms with E-state index in [0.717, 1.165) is 0 Å². The number of carbonyl (C=O) groups is 2. The number of nitrogens with zero attached hydrogens (tertiary/aromatic N) is 1. The van der Waals surface area contributed by atoms with Crippen LogP contribution in [-0.4, -0.2) is 27.6 Å². The zero-order chi connectivity index (χ0) is 14.1. The number of hydrogen-bond acceptors (Lipinski definition) is 2. The van der Waals surface area contributed by atoms with Crippen LogP contribution in [0.3, 0.4) is 0 Å². The summed E-state index contributed by atoms with van der Waals surface area (Å²) >= 11 is 5.78. The number of carboxylic acids is 1. The number of halogens is 1. The van der Waals surface area contributed by atoms with E-state index in [0.29, 0.717) is 10.7 Å². The minimum absolute atomic E-state index is 0.329. The molecule has 18 heavy (non-hydrogen) atoms. The van der Waals surface area contributed by atoms with E-state index >= 15 is 0 Å². The molecule has 5 nitrogen and oxygen atoms in total. The third-order valence-electron chi connectivity index (χ3n) is 2.59. The first-order valence-corrected chi connectivity index (χ1v) is 5.86. The highest BCUT2D eigenvalue weighted by Gasteiger charge is 2.33. The van der Waals surface area contributed by atoms with Crippen molar-refractivity contribution in [3.63, 3.8) is 0 Å². The predicted molar refractivity (Wildman–Crippen MR) is 68.8 cm³/mol. The van der Waals surface area contributed by atoms with Crippen molar-refractivity contribution in [3.8, 4) is 0 Å². The fourth-order valence-electron chi connectivity index (χ4n) is 1.60. The van der Waals surface area contributed by atoms with Crippen molar-refractivity contribution in [2.75, 3.05) is 0 Å². The normalized spacial score (nSPS) is 13.2. The molecule has 0 saturated carbocycles. The highest BCUT2D eigenvalue weighted by Crippen LogP contribution is 2.20. The lowest BCUT2D eigenvalue weighted by molar-refractivity contribution is -0.142. The van der Waals surface area contributed by atoms with E-state index < -0.39 is 23.3 Å². The average Bonchev–Trinajstić information content (AvgIpc) is 2.51. The molecule has 0 unspecified atom stereocenters. The van der Waals surface area contributed by atoms with Gasteiger partial charge in [0.05, 0.1) is 5.02 Å². The first kappa shape index (κ1) is 14.6. The van der Waals surface area contributed by atoms with Gasteiger partial charge >= 0.3 is 5.97 Å². The number of nitrogens with one attached hydrogen (secondary N) is 1. The van der Waals surface area contributed by atoms with Crippen LogP contribution in [0.1, 0.15) is 31.3 Å². The van der Waals surface area contributed by atoms with Crippen LogP contribution in [0.4, 0.5) is 0 Å². The predicted octanol–water partition coefficient (Wildman–Crippen LogP) is 1.91. The minimum Gasteiger partial charge on any atom is -0.480 e. The van der Waals surface area contributed by atoms with Crippen molar-refractivity contribution in [2.45, 2.75) is 26.8 Å². The van der Waals surface area contributed by atoms with E-state index in [4.69, 9.17) is 16.7 Å². The molecule has 0 spiro atoms. The van der Waals surface area contributed by atoms with Crippen LogP contribution >= 0.6 is 11.6 Å². The Kier molecular flexibility index (Phi) is 4.06. The van der Waals surface area contributed by atoms with E-state index in [-0.39, 0.29) is 0 Å². The number of aromatic nitrogens is 1. The van der Waals surface area contributed by atoms with Crippen molar-refractivity contribution in [2.24, 2.45) is 12.5 Å². The van der Waals surface area contributed by atoms with Gasteiger partial charge in [-0.15, -0.1) is 0 Å². The molecular weight excluding hydrogens is 256 g/mol. The minimum atomic E-state index is -1.06. The first-order valence-electron chi connectivity index (χ1n) is 5.48. The fraction of sp³-hybridized carbons (Fsp3) is 0.500. The Morgan fingerprint density at radius 2 is 2.00 bits per heavy atom. The molecule has 0 bridgehead atoms. The maximum absolute atomic E-state index is 12.0. The second-order valence-electron chi connectivity index (χ2n) is 5.27. The van der Waals surface area contributed by atoms with Gasteiger partial charge in [0, 0.05) is 13.2 Å². The van der Waals surface area contributed by atoms with Gasteiger partial charge in [-0.2, -0.15) is 0 Å². The maximum Gasteiger partial charge on any atom is 0.326 e. The Morgan fingerprint density at radius 3 is 2.33 bits per heavy atom. The summed E-state index contributed by atoms with van der Waals surface area (Å²) in [6.07, 6.45) is 1.59. The van der Waals surface area contributed by atoms with Crippen molar-refractivity contribution in [1.29, 1.82) is 0 Å². The number of amides is 1. The van der Waals surface area contributed by atoms with Gasteiger partial charge < -0.3 is 15.0 Å². The van der Waals surface area contributed by atoms with Crippen LogP contribution in [-0.2, 0) is 11.8 Å². The van der Waals surface area contributed by atoms with Gasteiger partial charge in [0.1, 0.15) is 11.7 Å². The van der Waals surface area contributed by atoms with Crippen molar-refractivity contribution in [1.82, 2.24) is 9.88 Å². The maximum atomic E-state index is 12.0. The van der Waals surface area contributed by atoms with Gasteiger partial charge in [0.15, 0.2) is 0 Å². The number of aliphatic carboxylic acids is 1. The molecule has 1 aromatic rings. The molecule has 0 aliphatic carbocycles. The summed E-state index contributed by atoms with van der Waals surface area (Å²) in [5.74, 6) is -1.51. The number of carboxylic acid groups (broad SMARTS) is 1. The molecule has 1 rings (SSSR count). The van der Waals surface area contributed by atoms with E-state index in [2.05, 4.69) is 5.32 Å². The summed E-state index contributed by atoms with van der Waals surface area (Å²) in [5, 5.41) is 12.1. The van der Waals surface area contributed by atoms with Gasteiger partial charge in [0.25, 0.3) is 5.91 Å². The lowest BCUT2D eigenvalue weighted by Gasteiger charge is -2.27. The highest BCUT2D eigenvalue weighted by atomic mass is 35.5.